The van der Waals surface area contributed by atoms with Crippen LogP contribution in [0.5, 0.6) is 5.75 Å². The van der Waals surface area contributed by atoms with Gasteiger partial charge in [-0.1, -0.05) is 25.8 Å². The van der Waals surface area contributed by atoms with E-state index < -0.39 is 0 Å². The predicted octanol–water partition coefficient (Wildman–Crippen LogP) is 4.62. The molecule has 1 aromatic carbocycles. The molecule has 0 amide bonds. The molecular weight excluding hydrogens is 278 g/mol. The van der Waals surface area contributed by atoms with Crippen LogP contribution in [0.2, 0.25) is 0 Å². The van der Waals surface area contributed by atoms with Gasteiger partial charge in [0.25, 0.3) is 0 Å². The van der Waals surface area contributed by atoms with Crippen molar-refractivity contribution < 1.29 is 4.74 Å². The van der Waals surface area contributed by atoms with Crippen LogP contribution in [0.15, 0.2) is 18.2 Å². The van der Waals surface area contributed by atoms with Gasteiger partial charge in [-0.25, -0.2) is 0 Å². The van der Waals surface area contributed by atoms with Gasteiger partial charge in [-0.2, -0.15) is 11.8 Å². The Hall–Kier alpha value is -0.670. The highest BCUT2D eigenvalue weighted by atomic mass is 32.2. The summed E-state index contributed by atoms with van der Waals surface area (Å²) in [6, 6.07) is 6.60. The molecule has 21 heavy (non-hydrogen) atoms. The first-order valence-electron chi connectivity index (χ1n) is 8.27. The molecule has 1 fully saturated rings. The summed E-state index contributed by atoms with van der Waals surface area (Å²) in [6.45, 7) is 4.24. The lowest BCUT2D eigenvalue weighted by molar-refractivity contribution is 0.411. The van der Waals surface area contributed by atoms with E-state index in [1.165, 1.54) is 49.0 Å². The molecule has 1 saturated carbocycles. The SMILES string of the molecule is CCCNCc1ccc(OC)c(CSCC2CCCC2)c1. The van der Waals surface area contributed by atoms with Gasteiger partial charge in [0.05, 0.1) is 7.11 Å². The summed E-state index contributed by atoms with van der Waals surface area (Å²) in [6.07, 6.45) is 6.93. The first kappa shape index (κ1) is 16.7. The van der Waals surface area contributed by atoms with Gasteiger partial charge >= 0.3 is 0 Å². The van der Waals surface area contributed by atoms with Gasteiger partial charge < -0.3 is 10.1 Å². The number of nitrogens with one attached hydrogen (secondary N) is 1. The largest absolute Gasteiger partial charge is 0.496 e. The van der Waals surface area contributed by atoms with Crippen molar-refractivity contribution >= 4 is 11.8 Å². The third-order valence-electron chi connectivity index (χ3n) is 4.19. The maximum atomic E-state index is 5.51. The molecular formula is C18H29NOS. The molecule has 0 atom stereocenters. The van der Waals surface area contributed by atoms with Crippen LogP contribution < -0.4 is 10.1 Å². The van der Waals surface area contributed by atoms with Crippen LogP contribution in [0.4, 0.5) is 0 Å². The van der Waals surface area contributed by atoms with Crippen molar-refractivity contribution in [2.45, 2.75) is 51.3 Å². The number of thioether (sulfide) groups is 1. The molecule has 0 unspecified atom stereocenters. The van der Waals surface area contributed by atoms with E-state index in [2.05, 4.69) is 42.2 Å². The van der Waals surface area contributed by atoms with E-state index in [-0.39, 0.29) is 0 Å². The Morgan fingerprint density at radius 1 is 1.29 bits per heavy atom. The van der Waals surface area contributed by atoms with Gasteiger partial charge in [0.15, 0.2) is 0 Å². The van der Waals surface area contributed by atoms with E-state index in [1.54, 1.807) is 7.11 Å². The van der Waals surface area contributed by atoms with E-state index in [0.717, 1.165) is 30.5 Å². The quantitative estimate of drug-likeness (QED) is 0.673. The maximum Gasteiger partial charge on any atom is 0.122 e. The molecule has 2 nitrogen and oxygen atoms in total. The molecule has 0 saturated heterocycles. The van der Waals surface area contributed by atoms with Gasteiger partial charge in [0.1, 0.15) is 5.75 Å². The highest BCUT2D eigenvalue weighted by Crippen LogP contribution is 2.31. The fourth-order valence-electron chi connectivity index (χ4n) is 2.98. The summed E-state index contributed by atoms with van der Waals surface area (Å²) in [5.41, 5.74) is 2.71. The fraction of sp³-hybridized carbons (Fsp3) is 0.667. The molecule has 3 heteroatoms. The Balaban J connectivity index is 1.86. The Morgan fingerprint density at radius 2 is 2.10 bits per heavy atom. The van der Waals surface area contributed by atoms with Crippen LogP contribution in [0, 0.1) is 5.92 Å². The number of hydrogen-bond donors (Lipinski definition) is 1. The molecule has 0 heterocycles. The average Bonchev–Trinajstić information content (AvgIpc) is 3.01. The van der Waals surface area contributed by atoms with E-state index in [4.69, 9.17) is 4.74 Å². The second-order valence-electron chi connectivity index (χ2n) is 5.99. The first-order chi connectivity index (χ1) is 10.3. The summed E-state index contributed by atoms with van der Waals surface area (Å²) >= 11 is 2.07. The highest BCUT2D eigenvalue weighted by Gasteiger charge is 2.15. The molecule has 2 rings (SSSR count). The number of hydrogen-bond acceptors (Lipinski definition) is 3. The van der Waals surface area contributed by atoms with Crippen molar-refractivity contribution in [3.8, 4) is 5.75 Å². The van der Waals surface area contributed by atoms with Crippen molar-refractivity contribution in [1.29, 1.82) is 0 Å². The third kappa shape index (κ3) is 5.55. The molecule has 0 aromatic heterocycles. The minimum atomic E-state index is 0.954. The maximum absolute atomic E-state index is 5.51. The lowest BCUT2D eigenvalue weighted by atomic mass is 10.1. The van der Waals surface area contributed by atoms with Crippen molar-refractivity contribution in [2.24, 2.45) is 5.92 Å². The van der Waals surface area contributed by atoms with Crippen LogP contribution >= 0.6 is 11.8 Å². The summed E-state index contributed by atoms with van der Waals surface area (Å²) < 4.78 is 5.51. The molecule has 1 aromatic rings. The fourth-order valence-corrected chi connectivity index (χ4v) is 4.21. The minimum Gasteiger partial charge on any atom is -0.496 e. The van der Waals surface area contributed by atoms with Gasteiger partial charge in [0, 0.05) is 17.9 Å². The number of benzene rings is 1. The molecule has 1 aliphatic rings. The summed E-state index contributed by atoms with van der Waals surface area (Å²) in [4.78, 5) is 0. The molecule has 118 valence electrons. The molecule has 0 spiro atoms. The van der Waals surface area contributed by atoms with E-state index in [0.29, 0.717) is 0 Å². The second kappa shape index (κ2) is 9.37. The highest BCUT2D eigenvalue weighted by molar-refractivity contribution is 7.98. The van der Waals surface area contributed by atoms with Gasteiger partial charge in [-0.15, -0.1) is 0 Å². The van der Waals surface area contributed by atoms with E-state index in [9.17, 15) is 0 Å². The van der Waals surface area contributed by atoms with Crippen molar-refractivity contribution in [3.63, 3.8) is 0 Å². The second-order valence-corrected chi connectivity index (χ2v) is 7.02. The topological polar surface area (TPSA) is 21.3 Å². The number of methoxy groups -OCH3 is 1. The lowest BCUT2D eigenvalue weighted by Gasteiger charge is -2.13. The van der Waals surface area contributed by atoms with E-state index in [1.807, 2.05) is 0 Å². The Kier molecular flexibility index (Phi) is 7.45. The van der Waals surface area contributed by atoms with Crippen LogP contribution in [-0.2, 0) is 12.3 Å². The van der Waals surface area contributed by atoms with Crippen molar-refractivity contribution in [1.82, 2.24) is 5.32 Å². The van der Waals surface area contributed by atoms with Gasteiger partial charge in [0.2, 0.25) is 0 Å². The first-order valence-corrected chi connectivity index (χ1v) is 9.43. The van der Waals surface area contributed by atoms with Crippen LogP contribution in [0.3, 0.4) is 0 Å². The van der Waals surface area contributed by atoms with E-state index >= 15 is 0 Å². The molecule has 1 N–H and O–H groups in total. The normalized spacial score (nSPS) is 15.5. The number of ether oxygens (including phenoxy) is 1. The standard InChI is InChI=1S/C18H29NOS/c1-3-10-19-12-16-8-9-18(20-2)17(11-16)14-21-13-15-6-4-5-7-15/h8-9,11,15,19H,3-7,10,12-14H2,1-2H3. The Bertz CT molecular complexity index is 416. The van der Waals surface area contributed by atoms with Crippen LogP contribution in [0.1, 0.15) is 50.2 Å². The monoisotopic (exact) mass is 307 g/mol. The van der Waals surface area contributed by atoms with Gasteiger partial charge in [-0.3, -0.25) is 0 Å². The molecule has 0 aliphatic heterocycles. The molecule has 0 radical (unpaired) electrons. The smallest absolute Gasteiger partial charge is 0.122 e. The summed E-state index contributed by atoms with van der Waals surface area (Å²) in [7, 11) is 1.77. The van der Waals surface area contributed by atoms with Gasteiger partial charge in [-0.05, 0) is 55.2 Å². The average molecular weight is 308 g/mol. The third-order valence-corrected chi connectivity index (χ3v) is 5.41. The Morgan fingerprint density at radius 3 is 2.81 bits per heavy atom. The molecule has 1 aliphatic carbocycles. The lowest BCUT2D eigenvalue weighted by Crippen LogP contribution is -2.13. The predicted molar refractivity (Wildman–Crippen MR) is 93.1 cm³/mol. The van der Waals surface area contributed by atoms with Crippen LogP contribution in [0.25, 0.3) is 0 Å². The van der Waals surface area contributed by atoms with Crippen molar-refractivity contribution in [2.75, 3.05) is 19.4 Å². The van der Waals surface area contributed by atoms with Crippen molar-refractivity contribution in [3.05, 3.63) is 29.3 Å². The number of rotatable bonds is 9. The summed E-state index contributed by atoms with van der Waals surface area (Å²) in [5.74, 6) is 4.37. The van der Waals surface area contributed by atoms with Crippen LogP contribution in [-0.4, -0.2) is 19.4 Å². The zero-order valence-electron chi connectivity index (χ0n) is 13.5. The minimum absolute atomic E-state index is 0.954. The molecule has 0 bridgehead atoms. The zero-order chi connectivity index (χ0) is 14.9. The summed E-state index contributed by atoms with van der Waals surface area (Å²) in [5, 5.41) is 3.47. The Labute approximate surface area is 134 Å². The zero-order valence-corrected chi connectivity index (χ0v) is 14.3.